The molecule has 25 heavy (non-hydrogen) atoms. The molecule has 2 heteroatoms. The van der Waals surface area contributed by atoms with Crippen LogP contribution in [0.5, 0.6) is 0 Å². The Bertz CT molecular complexity index is 879. The second kappa shape index (κ2) is 7.02. The predicted molar refractivity (Wildman–Crippen MR) is 111 cm³/mol. The predicted octanol–water partition coefficient (Wildman–Crippen LogP) is 5.46. The molecule has 2 nitrogen and oxygen atoms in total. The minimum Gasteiger partial charge on any atom is -0.377 e. The molecular weight excluding hydrogens is 304 g/mol. The molecule has 0 fully saturated rings. The maximum absolute atomic E-state index is 2.23. The normalized spacial score (nSPS) is 10.6. The van der Waals surface area contributed by atoms with Crippen LogP contribution in [0.4, 0.5) is 11.4 Å². The van der Waals surface area contributed by atoms with Crippen LogP contribution in [0.15, 0.2) is 66.7 Å². The number of hydrogen-bond donors (Lipinski definition) is 0. The zero-order valence-corrected chi connectivity index (χ0v) is 15.7. The SMILES string of the molecule is Cc1cccc(-c2ccccc2N(C)C)c1-c1ccccc1N(C)C. The first-order valence-electron chi connectivity index (χ1n) is 8.63. The lowest BCUT2D eigenvalue weighted by Crippen LogP contribution is -2.11. The molecule has 3 aromatic carbocycles. The Morgan fingerprint density at radius 3 is 1.60 bits per heavy atom. The van der Waals surface area contributed by atoms with Gasteiger partial charge in [-0.05, 0) is 35.7 Å². The van der Waals surface area contributed by atoms with Crippen LogP contribution in [0.3, 0.4) is 0 Å². The summed E-state index contributed by atoms with van der Waals surface area (Å²) in [5.74, 6) is 0. The summed E-state index contributed by atoms with van der Waals surface area (Å²) in [6.45, 7) is 2.20. The molecule has 128 valence electrons. The van der Waals surface area contributed by atoms with Gasteiger partial charge in [-0.2, -0.15) is 0 Å². The molecule has 0 aliphatic rings. The Morgan fingerprint density at radius 2 is 1.00 bits per heavy atom. The van der Waals surface area contributed by atoms with E-state index in [0.29, 0.717) is 0 Å². The van der Waals surface area contributed by atoms with Gasteiger partial charge in [0.05, 0.1) is 0 Å². The lowest BCUT2D eigenvalue weighted by molar-refractivity contribution is 1.13. The third-order valence-electron chi connectivity index (χ3n) is 4.60. The van der Waals surface area contributed by atoms with E-state index in [1.807, 2.05) is 0 Å². The topological polar surface area (TPSA) is 6.48 Å². The highest BCUT2D eigenvalue weighted by Crippen LogP contribution is 2.41. The van der Waals surface area contributed by atoms with Crippen molar-refractivity contribution in [1.82, 2.24) is 0 Å². The first kappa shape index (κ1) is 17.1. The largest absolute Gasteiger partial charge is 0.377 e. The van der Waals surface area contributed by atoms with E-state index in [-0.39, 0.29) is 0 Å². The zero-order chi connectivity index (χ0) is 18.0. The number of benzene rings is 3. The van der Waals surface area contributed by atoms with Gasteiger partial charge in [-0.1, -0.05) is 54.6 Å². The highest BCUT2D eigenvalue weighted by molar-refractivity contribution is 5.94. The second-order valence-corrected chi connectivity index (χ2v) is 6.82. The highest BCUT2D eigenvalue weighted by Gasteiger charge is 2.16. The lowest BCUT2D eigenvalue weighted by atomic mass is 9.89. The molecule has 0 atom stereocenters. The summed E-state index contributed by atoms with van der Waals surface area (Å²) in [5, 5.41) is 0. The molecule has 0 radical (unpaired) electrons. The van der Waals surface area contributed by atoms with Crippen molar-refractivity contribution in [2.24, 2.45) is 0 Å². The molecule has 0 N–H and O–H groups in total. The van der Waals surface area contributed by atoms with Gasteiger partial charge in [-0.25, -0.2) is 0 Å². The van der Waals surface area contributed by atoms with Crippen LogP contribution in [0, 0.1) is 6.92 Å². The molecule has 0 spiro atoms. The van der Waals surface area contributed by atoms with E-state index in [9.17, 15) is 0 Å². The van der Waals surface area contributed by atoms with Gasteiger partial charge in [0, 0.05) is 50.7 Å². The van der Waals surface area contributed by atoms with Crippen molar-refractivity contribution < 1.29 is 0 Å². The van der Waals surface area contributed by atoms with Gasteiger partial charge < -0.3 is 9.80 Å². The molecule has 0 aliphatic heterocycles. The fourth-order valence-corrected chi connectivity index (χ4v) is 3.42. The summed E-state index contributed by atoms with van der Waals surface area (Å²) >= 11 is 0. The molecule has 0 aliphatic carbocycles. The Morgan fingerprint density at radius 1 is 0.520 bits per heavy atom. The highest BCUT2D eigenvalue weighted by atomic mass is 15.1. The molecular formula is C23H26N2. The van der Waals surface area contributed by atoms with Crippen LogP contribution in [0.2, 0.25) is 0 Å². The molecule has 0 heterocycles. The average Bonchev–Trinajstić information content (AvgIpc) is 2.61. The Kier molecular flexibility index (Phi) is 4.80. The number of anilines is 2. The van der Waals surface area contributed by atoms with Gasteiger partial charge in [0.25, 0.3) is 0 Å². The van der Waals surface area contributed by atoms with Gasteiger partial charge >= 0.3 is 0 Å². The van der Waals surface area contributed by atoms with Crippen molar-refractivity contribution in [1.29, 1.82) is 0 Å². The van der Waals surface area contributed by atoms with Crippen molar-refractivity contribution in [3.8, 4) is 22.3 Å². The van der Waals surface area contributed by atoms with Gasteiger partial charge in [0.15, 0.2) is 0 Å². The van der Waals surface area contributed by atoms with Gasteiger partial charge in [-0.15, -0.1) is 0 Å². The molecule has 0 amide bonds. The monoisotopic (exact) mass is 330 g/mol. The third-order valence-corrected chi connectivity index (χ3v) is 4.60. The van der Waals surface area contributed by atoms with E-state index >= 15 is 0 Å². The smallest absolute Gasteiger partial charge is 0.0441 e. The van der Waals surface area contributed by atoms with Crippen LogP contribution < -0.4 is 9.80 Å². The fourth-order valence-electron chi connectivity index (χ4n) is 3.42. The Balaban J connectivity index is 2.32. The molecule has 0 saturated carbocycles. The lowest BCUT2D eigenvalue weighted by Gasteiger charge is -2.23. The molecule has 0 unspecified atom stereocenters. The number of rotatable bonds is 4. The third kappa shape index (κ3) is 3.25. The zero-order valence-electron chi connectivity index (χ0n) is 15.7. The van der Waals surface area contributed by atoms with Crippen LogP contribution in [-0.4, -0.2) is 28.2 Å². The minimum atomic E-state index is 1.23. The maximum Gasteiger partial charge on any atom is 0.0441 e. The van der Waals surface area contributed by atoms with Crippen LogP contribution in [0.1, 0.15) is 5.56 Å². The van der Waals surface area contributed by atoms with Crippen LogP contribution in [-0.2, 0) is 0 Å². The quantitative estimate of drug-likeness (QED) is 0.626. The summed E-state index contributed by atoms with van der Waals surface area (Å²) in [7, 11) is 8.40. The van der Waals surface area contributed by atoms with Crippen LogP contribution in [0.25, 0.3) is 22.3 Å². The Labute approximate surface area is 151 Å². The fraction of sp³-hybridized carbons (Fsp3) is 0.217. The van der Waals surface area contributed by atoms with E-state index < -0.39 is 0 Å². The minimum absolute atomic E-state index is 1.23. The molecule has 3 rings (SSSR count). The van der Waals surface area contributed by atoms with Crippen molar-refractivity contribution in [2.45, 2.75) is 6.92 Å². The van der Waals surface area contributed by atoms with E-state index in [4.69, 9.17) is 0 Å². The van der Waals surface area contributed by atoms with E-state index in [2.05, 4.69) is 112 Å². The number of para-hydroxylation sites is 2. The molecule has 3 aromatic rings. The first-order chi connectivity index (χ1) is 12.0. The van der Waals surface area contributed by atoms with Crippen LogP contribution >= 0.6 is 0 Å². The summed E-state index contributed by atoms with van der Waals surface area (Å²) in [6, 6.07) is 23.8. The Hall–Kier alpha value is -2.74. The summed E-state index contributed by atoms with van der Waals surface area (Å²) < 4.78 is 0. The van der Waals surface area contributed by atoms with Crippen molar-refractivity contribution in [2.75, 3.05) is 38.0 Å². The van der Waals surface area contributed by atoms with Gasteiger partial charge in [-0.3, -0.25) is 0 Å². The molecule has 0 saturated heterocycles. The molecule has 0 bridgehead atoms. The van der Waals surface area contributed by atoms with E-state index in [1.165, 1.54) is 39.2 Å². The summed E-state index contributed by atoms with van der Waals surface area (Å²) in [5.41, 5.74) is 8.88. The van der Waals surface area contributed by atoms with Crippen molar-refractivity contribution >= 4 is 11.4 Å². The van der Waals surface area contributed by atoms with Gasteiger partial charge in [0.2, 0.25) is 0 Å². The number of aryl methyl sites for hydroxylation is 1. The number of hydrogen-bond acceptors (Lipinski definition) is 2. The van der Waals surface area contributed by atoms with Crippen molar-refractivity contribution in [3.63, 3.8) is 0 Å². The van der Waals surface area contributed by atoms with Crippen molar-refractivity contribution in [3.05, 3.63) is 72.3 Å². The number of nitrogens with zero attached hydrogens (tertiary/aromatic N) is 2. The second-order valence-electron chi connectivity index (χ2n) is 6.82. The molecule has 0 aromatic heterocycles. The standard InChI is InChI=1S/C23H26N2/c1-17-11-10-14-19(18-12-6-8-15-21(18)24(2)3)23(17)20-13-7-9-16-22(20)25(4)5/h6-16H,1-5H3. The first-order valence-corrected chi connectivity index (χ1v) is 8.63. The average molecular weight is 330 g/mol. The van der Waals surface area contributed by atoms with Gasteiger partial charge in [0.1, 0.15) is 0 Å². The maximum atomic E-state index is 2.23. The summed E-state index contributed by atoms with van der Waals surface area (Å²) in [6.07, 6.45) is 0. The van der Waals surface area contributed by atoms with E-state index in [1.54, 1.807) is 0 Å². The van der Waals surface area contributed by atoms with E-state index in [0.717, 1.165) is 0 Å². The summed E-state index contributed by atoms with van der Waals surface area (Å²) in [4.78, 5) is 4.36.